The summed E-state index contributed by atoms with van der Waals surface area (Å²) < 4.78 is 10.7. The average Bonchev–Trinajstić information content (AvgIpc) is 2.77. The van der Waals surface area contributed by atoms with Gasteiger partial charge in [-0.15, -0.1) is 11.6 Å². The normalized spacial score (nSPS) is 10.8. The van der Waals surface area contributed by atoms with Gasteiger partial charge in [0.1, 0.15) is 11.6 Å². The fourth-order valence-electron chi connectivity index (χ4n) is 1.43. The summed E-state index contributed by atoms with van der Waals surface area (Å²) >= 11 is 5.62. The minimum atomic E-state index is 0.0931. The molecule has 1 aromatic carbocycles. The van der Waals surface area contributed by atoms with E-state index in [4.69, 9.17) is 20.9 Å². The van der Waals surface area contributed by atoms with Crippen LogP contribution in [0.2, 0.25) is 0 Å². The number of aromatic nitrogens is 2. The number of hydrogen-bond acceptors (Lipinski definition) is 4. The van der Waals surface area contributed by atoms with E-state index in [2.05, 4.69) is 10.1 Å². The number of halogens is 1. The Morgan fingerprint density at radius 3 is 2.76 bits per heavy atom. The van der Waals surface area contributed by atoms with Crippen molar-refractivity contribution in [1.29, 1.82) is 0 Å². The highest BCUT2D eigenvalue weighted by molar-refractivity contribution is 6.16. The Kier molecular flexibility index (Phi) is 3.64. The Labute approximate surface area is 105 Å². The summed E-state index contributed by atoms with van der Waals surface area (Å²) in [4.78, 5) is 4.18. The van der Waals surface area contributed by atoms with Gasteiger partial charge >= 0.3 is 0 Å². The summed E-state index contributed by atoms with van der Waals surface area (Å²) in [5, 5.41) is 3.87. The minimum Gasteiger partial charge on any atom is -0.490 e. The van der Waals surface area contributed by atoms with Gasteiger partial charge in [0.2, 0.25) is 11.7 Å². The summed E-state index contributed by atoms with van der Waals surface area (Å²) in [6.07, 6.45) is 0.0931. The van der Waals surface area contributed by atoms with E-state index in [1.807, 2.05) is 38.1 Å². The lowest BCUT2D eigenvalue weighted by Crippen LogP contribution is -2.06. The molecule has 0 aliphatic rings. The van der Waals surface area contributed by atoms with Crippen molar-refractivity contribution in [3.8, 4) is 17.1 Å². The van der Waals surface area contributed by atoms with Gasteiger partial charge in [-0.05, 0) is 26.0 Å². The molecule has 5 heteroatoms. The van der Waals surface area contributed by atoms with E-state index >= 15 is 0 Å². The molecule has 0 atom stereocenters. The van der Waals surface area contributed by atoms with E-state index in [0.717, 1.165) is 11.3 Å². The van der Waals surface area contributed by atoms with Crippen molar-refractivity contribution >= 4 is 11.6 Å². The van der Waals surface area contributed by atoms with Gasteiger partial charge < -0.3 is 9.26 Å². The fraction of sp³-hybridized carbons (Fsp3) is 0.333. The molecule has 0 amide bonds. The Bertz CT molecular complexity index is 497. The maximum atomic E-state index is 5.69. The summed E-state index contributed by atoms with van der Waals surface area (Å²) in [5.41, 5.74) is 0.807. The third-order valence-electron chi connectivity index (χ3n) is 2.07. The second-order valence-electron chi connectivity index (χ2n) is 3.81. The lowest BCUT2D eigenvalue weighted by atomic mass is 10.2. The SMILES string of the molecule is CC(C)Oc1ccccc1-c1noc(CCl)n1. The van der Waals surface area contributed by atoms with Crippen LogP contribution in [0.5, 0.6) is 5.75 Å². The maximum Gasteiger partial charge on any atom is 0.241 e. The molecule has 0 spiro atoms. The van der Waals surface area contributed by atoms with Crippen molar-refractivity contribution in [2.75, 3.05) is 0 Å². The number of alkyl halides is 1. The largest absolute Gasteiger partial charge is 0.490 e. The molecular formula is C12H13ClN2O2. The van der Waals surface area contributed by atoms with Crippen LogP contribution in [0.15, 0.2) is 28.8 Å². The highest BCUT2D eigenvalue weighted by Gasteiger charge is 2.13. The van der Waals surface area contributed by atoms with Crippen LogP contribution in [0.25, 0.3) is 11.4 Å². The Hall–Kier alpha value is -1.55. The predicted octanol–water partition coefficient (Wildman–Crippen LogP) is 3.26. The highest BCUT2D eigenvalue weighted by atomic mass is 35.5. The third-order valence-corrected chi connectivity index (χ3v) is 2.30. The first-order valence-electron chi connectivity index (χ1n) is 5.35. The van der Waals surface area contributed by atoms with Gasteiger partial charge in [0.25, 0.3) is 0 Å². The summed E-state index contributed by atoms with van der Waals surface area (Å²) in [5.74, 6) is 1.85. The Morgan fingerprint density at radius 2 is 2.12 bits per heavy atom. The van der Waals surface area contributed by atoms with Crippen LogP contribution in [0.3, 0.4) is 0 Å². The van der Waals surface area contributed by atoms with Gasteiger partial charge in [-0.2, -0.15) is 4.98 Å². The fourth-order valence-corrected chi connectivity index (χ4v) is 1.54. The number of ether oxygens (including phenoxy) is 1. The number of benzene rings is 1. The van der Waals surface area contributed by atoms with Gasteiger partial charge in [0.15, 0.2) is 0 Å². The summed E-state index contributed by atoms with van der Waals surface area (Å²) in [6.45, 7) is 3.94. The zero-order valence-corrected chi connectivity index (χ0v) is 10.4. The van der Waals surface area contributed by atoms with Crippen molar-refractivity contribution in [2.24, 2.45) is 0 Å². The van der Waals surface area contributed by atoms with Crippen molar-refractivity contribution in [1.82, 2.24) is 10.1 Å². The van der Waals surface area contributed by atoms with Gasteiger partial charge in [-0.25, -0.2) is 0 Å². The van der Waals surface area contributed by atoms with Crippen molar-refractivity contribution in [2.45, 2.75) is 25.8 Å². The molecule has 0 aliphatic heterocycles. The molecule has 0 bridgehead atoms. The van der Waals surface area contributed by atoms with E-state index in [1.54, 1.807) is 0 Å². The monoisotopic (exact) mass is 252 g/mol. The zero-order valence-electron chi connectivity index (χ0n) is 9.68. The smallest absolute Gasteiger partial charge is 0.241 e. The molecule has 1 heterocycles. The van der Waals surface area contributed by atoms with E-state index < -0.39 is 0 Å². The number of rotatable bonds is 4. The topological polar surface area (TPSA) is 48.2 Å². The van der Waals surface area contributed by atoms with E-state index in [9.17, 15) is 0 Å². The van der Waals surface area contributed by atoms with Crippen molar-refractivity contribution in [3.63, 3.8) is 0 Å². The van der Waals surface area contributed by atoms with Crippen LogP contribution in [-0.4, -0.2) is 16.2 Å². The summed E-state index contributed by atoms with van der Waals surface area (Å²) in [7, 11) is 0. The molecule has 2 rings (SSSR count). The Balaban J connectivity index is 2.36. The average molecular weight is 253 g/mol. The molecule has 0 unspecified atom stereocenters. The van der Waals surface area contributed by atoms with E-state index in [-0.39, 0.29) is 12.0 Å². The quantitative estimate of drug-likeness (QED) is 0.784. The molecule has 0 saturated carbocycles. The predicted molar refractivity (Wildman–Crippen MR) is 65.1 cm³/mol. The molecule has 0 aliphatic carbocycles. The first-order valence-corrected chi connectivity index (χ1v) is 5.88. The zero-order chi connectivity index (χ0) is 12.3. The molecule has 0 radical (unpaired) electrons. The van der Waals surface area contributed by atoms with Crippen LogP contribution in [0, 0.1) is 0 Å². The highest BCUT2D eigenvalue weighted by Crippen LogP contribution is 2.28. The van der Waals surface area contributed by atoms with Crippen LogP contribution in [0.1, 0.15) is 19.7 Å². The van der Waals surface area contributed by atoms with Crippen LogP contribution >= 0.6 is 11.6 Å². The van der Waals surface area contributed by atoms with Crippen LogP contribution < -0.4 is 4.74 Å². The van der Waals surface area contributed by atoms with Crippen LogP contribution in [-0.2, 0) is 5.88 Å². The molecule has 0 fully saturated rings. The van der Waals surface area contributed by atoms with Crippen molar-refractivity contribution < 1.29 is 9.26 Å². The van der Waals surface area contributed by atoms with E-state index in [1.165, 1.54) is 0 Å². The van der Waals surface area contributed by atoms with Gasteiger partial charge in [-0.1, -0.05) is 17.3 Å². The second kappa shape index (κ2) is 5.19. The molecule has 0 saturated heterocycles. The maximum absolute atomic E-state index is 5.69. The standard InChI is InChI=1S/C12H13ClN2O2/c1-8(2)16-10-6-4-3-5-9(10)12-14-11(7-13)17-15-12/h3-6,8H,7H2,1-2H3. The molecule has 1 aromatic heterocycles. The number of hydrogen-bond donors (Lipinski definition) is 0. The second-order valence-corrected chi connectivity index (χ2v) is 4.08. The third kappa shape index (κ3) is 2.77. The summed E-state index contributed by atoms with van der Waals surface area (Å²) in [6, 6.07) is 7.58. The van der Waals surface area contributed by atoms with Crippen molar-refractivity contribution in [3.05, 3.63) is 30.2 Å². The first kappa shape index (κ1) is 11.9. The minimum absolute atomic E-state index is 0.0931. The molecule has 0 N–H and O–H groups in total. The lowest BCUT2D eigenvalue weighted by Gasteiger charge is -2.11. The van der Waals surface area contributed by atoms with Gasteiger partial charge in [-0.3, -0.25) is 0 Å². The first-order chi connectivity index (χ1) is 8.20. The molecule has 2 aromatic rings. The van der Waals surface area contributed by atoms with Gasteiger partial charge in [0, 0.05) is 0 Å². The lowest BCUT2D eigenvalue weighted by molar-refractivity contribution is 0.243. The molecular weight excluding hydrogens is 240 g/mol. The number of nitrogens with zero attached hydrogens (tertiary/aromatic N) is 2. The molecule has 4 nitrogen and oxygen atoms in total. The van der Waals surface area contributed by atoms with Crippen LogP contribution in [0.4, 0.5) is 0 Å². The van der Waals surface area contributed by atoms with Gasteiger partial charge in [0.05, 0.1) is 11.7 Å². The Morgan fingerprint density at radius 1 is 1.35 bits per heavy atom. The van der Waals surface area contributed by atoms with E-state index in [0.29, 0.717) is 11.7 Å². The number of para-hydroxylation sites is 1. The molecule has 17 heavy (non-hydrogen) atoms. The molecule has 90 valence electrons.